The van der Waals surface area contributed by atoms with Crippen LogP contribution in [0.5, 0.6) is 0 Å². The van der Waals surface area contributed by atoms with Gasteiger partial charge in [-0.25, -0.2) is 9.18 Å². The van der Waals surface area contributed by atoms with E-state index < -0.39 is 11.9 Å². The fourth-order valence-corrected chi connectivity index (χ4v) is 3.66. The first kappa shape index (κ1) is 14.8. The second-order valence-corrected chi connectivity index (χ2v) is 6.08. The van der Waals surface area contributed by atoms with Crippen LogP contribution >= 0.6 is 0 Å². The Hall–Kier alpha value is -2.11. The third-order valence-corrected chi connectivity index (χ3v) is 4.73. The molecule has 0 unspecified atom stereocenters. The first-order chi connectivity index (χ1) is 10.6. The molecule has 118 valence electrons. The molecule has 3 atom stereocenters. The van der Waals surface area contributed by atoms with Crippen LogP contribution < -0.4 is 10.6 Å². The maximum atomic E-state index is 13.6. The van der Waals surface area contributed by atoms with Gasteiger partial charge in [0.25, 0.3) is 0 Å². The molecule has 5 nitrogen and oxygen atoms in total. The molecule has 2 fully saturated rings. The maximum absolute atomic E-state index is 13.6. The lowest BCUT2D eigenvalue weighted by Crippen LogP contribution is -2.27. The molecular weight excluding hydrogens is 287 g/mol. The Morgan fingerprint density at radius 1 is 1.23 bits per heavy atom. The minimum absolute atomic E-state index is 0.0113. The number of ether oxygens (including phenoxy) is 1. The second-order valence-electron chi connectivity index (χ2n) is 6.08. The molecule has 0 saturated heterocycles. The number of hydrogen-bond acceptors (Lipinski definition) is 3. The third kappa shape index (κ3) is 2.91. The molecule has 2 amide bonds. The molecule has 22 heavy (non-hydrogen) atoms. The van der Waals surface area contributed by atoms with Crippen LogP contribution in [0.1, 0.15) is 25.7 Å². The highest BCUT2D eigenvalue weighted by molar-refractivity contribution is 5.94. The van der Waals surface area contributed by atoms with E-state index in [0.29, 0.717) is 17.5 Å². The lowest BCUT2D eigenvalue weighted by molar-refractivity contribution is -0.121. The standard InChI is InChI=1S/C16H19FN2O3/c1-22-16(21)19-14-8-11(4-5-13(14)17)18-15(20)12-7-9-2-3-10(12)6-9/h4-5,8-10,12H,2-3,6-7H2,1H3,(H,18,20)(H,19,21)/t9-,10-,12-/m0/s1. The van der Waals surface area contributed by atoms with E-state index >= 15 is 0 Å². The normalized spacial score (nSPS) is 25.8. The van der Waals surface area contributed by atoms with Crippen molar-refractivity contribution in [2.45, 2.75) is 25.7 Å². The van der Waals surface area contributed by atoms with Crippen LogP contribution in [0.4, 0.5) is 20.6 Å². The van der Waals surface area contributed by atoms with Crippen LogP contribution in [0, 0.1) is 23.6 Å². The molecular formula is C16H19FN2O3. The largest absolute Gasteiger partial charge is 0.453 e. The Kier molecular flexibility index (Phi) is 4.00. The summed E-state index contributed by atoms with van der Waals surface area (Å²) in [5.74, 6) is 0.635. The minimum atomic E-state index is -0.754. The van der Waals surface area contributed by atoms with Crippen LogP contribution in [0.2, 0.25) is 0 Å². The van der Waals surface area contributed by atoms with Crippen molar-refractivity contribution in [1.82, 2.24) is 0 Å². The van der Waals surface area contributed by atoms with E-state index in [1.54, 1.807) is 0 Å². The maximum Gasteiger partial charge on any atom is 0.411 e. The van der Waals surface area contributed by atoms with Gasteiger partial charge in [-0.3, -0.25) is 10.1 Å². The first-order valence-electron chi connectivity index (χ1n) is 7.52. The van der Waals surface area contributed by atoms with Crippen molar-refractivity contribution in [3.8, 4) is 0 Å². The summed E-state index contributed by atoms with van der Waals surface area (Å²) < 4.78 is 18.1. The number of carbonyl (C=O) groups excluding carboxylic acids is 2. The lowest BCUT2D eigenvalue weighted by atomic mass is 9.88. The summed E-state index contributed by atoms with van der Waals surface area (Å²) in [6, 6.07) is 4.10. The Morgan fingerprint density at radius 3 is 2.68 bits per heavy atom. The Balaban J connectivity index is 1.68. The van der Waals surface area contributed by atoms with Crippen LogP contribution in [-0.4, -0.2) is 19.1 Å². The Labute approximate surface area is 128 Å². The number of halogens is 1. The molecule has 2 bridgehead atoms. The zero-order valence-corrected chi connectivity index (χ0v) is 12.4. The van der Waals surface area contributed by atoms with Crippen molar-refractivity contribution in [1.29, 1.82) is 0 Å². The fraction of sp³-hybridized carbons (Fsp3) is 0.500. The van der Waals surface area contributed by atoms with Gasteiger partial charge >= 0.3 is 6.09 Å². The van der Waals surface area contributed by atoms with Gasteiger partial charge in [-0.05, 0) is 49.3 Å². The first-order valence-corrected chi connectivity index (χ1v) is 7.52. The van der Waals surface area contributed by atoms with E-state index in [2.05, 4.69) is 15.4 Å². The number of amides is 2. The number of methoxy groups -OCH3 is 1. The molecule has 6 heteroatoms. The summed E-state index contributed by atoms with van der Waals surface area (Å²) in [5, 5.41) is 5.11. The number of nitrogens with one attached hydrogen (secondary N) is 2. The fourth-order valence-electron chi connectivity index (χ4n) is 3.66. The number of fused-ring (bicyclic) bond motifs is 2. The van der Waals surface area contributed by atoms with Crippen LogP contribution in [0.25, 0.3) is 0 Å². The number of rotatable bonds is 3. The average Bonchev–Trinajstić information content (AvgIpc) is 3.13. The Morgan fingerprint density at radius 2 is 2.05 bits per heavy atom. The molecule has 3 rings (SSSR count). The zero-order valence-electron chi connectivity index (χ0n) is 12.4. The smallest absolute Gasteiger partial charge is 0.411 e. The van der Waals surface area contributed by atoms with Crippen molar-refractivity contribution < 1.29 is 18.7 Å². The van der Waals surface area contributed by atoms with Gasteiger partial charge in [0.1, 0.15) is 5.82 Å². The van der Waals surface area contributed by atoms with E-state index in [0.717, 1.165) is 19.3 Å². The average molecular weight is 306 g/mol. The number of hydrogen-bond donors (Lipinski definition) is 2. The SMILES string of the molecule is COC(=O)Nc1cc(NC(=O)[C@H]2C[C@H]3CC[C@H]2C3)ccc1F. The summed E-state index contributed by atoms with van der Waals surface area (Å²) in [6.07, 6.45) is 3.71. The highest BCUT2D eigenvalue weighted by Gasteiger charge is 2.43. The number of benzene rings is 1. The van der Waals surface area contributed by atoms with Gasteiger partial charge in [-0.2, -0.15) is 0 Å². The lowest BCUT2D eigenvalue weighted by Gasteiger charge is -2.21. The topological polar surface area (TPSA) is 67.4 Å². The molecule has 2 aliphatic carbocycles. The summed E-state index contributed by atoms with van der Waals surface area (Å²) in [6.45, 7) is 0. The van der Waals surface area contributed by atoms with E-state index in [4.69, 9.17) is 0 Å². The predicted octanol–water partition coefficient (Wildman–Crippen LogP) is 3.38. The van der Waals surface area contributed by atoms with E-state index in [9.17, 15) is 14.0 Å². The van der Waals surface area contributed by atoms with Crippen molar-refractivity contribution in [2.24, 2.45) is 17.8 Å². The molecule has 0 heterocycles. The van der Waals surface area contributed by atoms with Gasteiger partial charge < -0.3 is 10.1 Å². The highest BCUT2D eigenvalue weighted by Crippen LogP contribution is 2.48. The quantitative estimate of drug-likeness (QED) is 0.899. The van der Waals surface area contributed by atoms with E-state index in [-0.39, 0.29) is 17.5 Å². The monoisotopic (exact) mass is 306 g/mol. The summed E-state index contributed by atoms with van der Waals surface area (Å²) in [4.78, 5) is 23.5. The number of anilines is 2. The van der Waals surface area contributed by atoms with Crippen LogP contribution in [0.3, 0.4) is 0 Å². The second kappa shape index (κ2) is 5.94. The van der Waals surface area contributed by atoms with E-state index in [1.807, 2.05) is 0 Å². The molecule has 0 aromatic heterocycles. The van der Waals surface area contributed by atoms with Gasteiger partial charge in [-0.15, -0.1) is 0 Å². The van der Waals surface area contributed by atoms with Gasteiger partial charge in [-0.1, -0.05) is 6.42 Å². The molecule has 2 N–H and O–H groups in total. The van der Waals surface area contributed by atoms with Crippen molar-refractivity contribution >= 4 is 23.4 Å². The number of carbonyl (C=O) groups is 2. The van der Waals surface area contributed by atoms with Crippen LogP contribution in [0.15, 0.2) is 18.2 Å². The van der Waals surface area contributed by atoms with E-state index in [1.165, 1.54) is 31.7 Å². The summed E-state index contributed by atoms with van der Waals surface area (Å²) >= 11 is 0. The van der Waals surface area contributed by atoms with Gasteiger partial charge in [0.15, 0.2) is 0 Å². The van der Waals surface area contributed by atoms with Crippen molar-refractivity contribution in [3.63, 3.8) is 0 Å². The summed E-state index contributed by atoms with van der Waals surface area (Å²) in [5.41, 5.74) is 0.457. The predicted molar refractivity (Wildman–Crippen MR) is 80.0 cm³/mol. The zero-order chi connectivity index (χ0) is 15.7. The molecule has 0 spiro atoms. The van der Waals surface area contributed by atoms with Gasteiger partial charge in [0.05, 0.1) is 12.8 Å². The van der Waals surface area contributed by atoms with Gasteiger partial charge in [0.2, 0.25) is 5.91 Å². The molecule has 2 saturated carbocycles. The Bertz CT molecular complexity index is 605. The molecule has 1 aromatic carbocycles. The third-order valence-electron chi connectivity index (χ3n) is 4.73. The van der Waals surface area contributed by atoms with Crippen molar-refractivity contribution in [2.75, 3.05) is 17.7 Å². The molecule has 2 aliphatic rings. The minimum Gasteiger partial charge on any atom is -0.453 e. The highest BCUT2D eigenvalue weighted by atomic mass is 19.1. The molecule has 0 aliphatic heterocycles. The van der Waals surface area contributed by atoms with Crippen molar-refractivity contribution in [3.05, 3.63) is 24.0 Å². The van der Waals surface area contributed by atoms with Crippen LogP contribution in [-0.2, 0) is 9.53 Å². The summed E-state index contributed by atoms with van der Waals surface area (Å²) in [7, 11) is 1.20. The molecule has 0 radical (unpaired) electrons. The van der Waals surface area contributed by atoms with Gasteiger partial charge in [0, 0.05) is 11.6 Å². The molecule has 1 aromatic rings.